The Morgan fingerprint density at radius 1 is 0.925 bits per heavy atom. The van der Waals surface area contributed by atoms with Gasteiger partial charge < -0.3 is 40.3 Å². The number of alkyl carbamates (subject to hydrolysis) is 1. The molecule has 4 N–H and O–H groups in total. The Labute approximate surface area is 397 Å². The molecule has 4 aromatic carbocycles. The van der Waals surface area contributed by atoms with Gasteiger partial charge in [0.2, 0.25) is 5.91 Å². The third kappa shape index (κ3) is 11.5. The lowest BCUT2D eigenvalue weighted by Gasteiger charge is -2.62. The molecule has 13 nitrogen and oxygen atoms in total. The summed E-state index contributed by atoms with van der Waals surface area (Å²) in [6, 6.07) is 30.6. The molecule has 0 aromatic heterocycles. The zero-order valence-electron chi connectivity index (χ0n) is 40.8. The van der Waals surface area contributed by atoms with Crippen molar-refractivity contribution in [3.8, 4) is 16.9 Å². The van der Waals surface area contributed by atoms with Gasteiger partial charge in [-0.05, 0) is 105 Å². The fourth-order valence-corrected chi connectivity index (χ4v) is 11.0. The first-order valence-corrected chi connectivity index (χ1v) is 23.9. The molecule has 3 saturated carbocycles. The number of fused-ring (bicyclic) bond motifs is 2. The quantitative estimate of drug-likeness (QED) is 0.0779. The number of amides is 3. The summed E-state index contributed by atoms with van der Waals surface area (Å²) in [5.74, 6) is 0.736. The molecule has 9 atom stereocenters. The highest BCUT2D eigenvalue weighted by Gasteiger charge is 2.57. The number of nitrogens with zero attached hydrogens (tertiary/aromatic N) is 3. The van der Waals surface area contributed by atoms with Gasteiger partial charge in [0.15, 0.2) is 0 Å². The second-order valence-electron chi connectivity index (χ2n) is 20.1. The van der Waals surface area contributed by atoms with E-state index in [0.717, 1.165) is 39.9 Å². The van der Waals surface area contributed by atoms with Gasteiger partial charge in [0.1, 0.15) is 24.0 Å². The van der Waals surface area contributed by atoms with E-state index in [1.807, 2.05) is 118 Å². The SMILES string of the molecule is COc1c(CN2O[C@@H](CO)[C@@H]([C@H](C)OC(=O)NCCc3ccccc3)[C@H]2C(=O)NC2C[C@@H]3C[C@H]([C@@H]2C)C3(C)C)cccc1-c1cc(C(=O)N[C@@H](Cc2ccccc2)CN(C)C)cc(N(C)C)c1. The Balaban J connectivity index is 1.16. The number of para-hydroxylation sites is 1. The van der Waals surface area contributed by atoms with Crippen LogP contribution in [-0.2, 0) is 33.8 Å². The van der Waals surface area contributed by atoms with Crippen LogP contribution in [0.3, 0.4) is 0 Å². The number of methoxy groups -OCH3 is 1. The van der Waals surface area contributed by atoms with Gasteiger partial charge >= 0.3 is 6.09 Å². The van der Waals surface area contributed by atoms with Crippen LogP contribution in [0.2, 0.25) is 0 Å². The van der Waals surface area contributed by atoms with Gasteiger partial charge in [0.05, 0.1) is 26.2 Å². The van der Waals surface area contributed by atoms with Crippen LogP contribution in [0.15, 0.2) is 97.1 Å². The summed E-state index contributed by atoms with van der Waals surface area (Å²) in [6.45, 7) is 9.42. The number of hydroxylamine groups is 2. The number of carbonyl (C=O) groups excluding carboxylic acids is 3. The Morgan fingerprint density at radius 2 is 1.63 bits per heavy atom. The van der Waals surface area contributed by atoms with E-state index in [4.69, 9.17) is 14.3 Å². The fraction of sp³-hybridized carbons (Fsp3) is 0.500. The van der Waals surface area contributed by atoms with Crippen LogP contribution >= 0.6 is 0 Å². The number of aliphatic hydroxyl groups is 1. The van der Waals surface area contributed by atoms with E-state index in [1.54, 1.807) is 19.1 Å². The van der Waals surface area contributed by atoms with Crippen molar-refractivity contribution in [2.45, 2.75) is 90.3 Å². The van der Waals surface area contributed by atoms with E-state index in [9.17, 15) is 19.5 Å². The van der Waals surface area contributed by atoms with Crippen molar-refractivity contribution in [1.29, 1.82) is 0 Å². The van der Waals surface area contributed by atoms with Crippen molar-refractivity contribution in [3.05, 3.63) is 119 Å². The molecule has 1 aliphatic heterocycles. The Bertz CT molecular complexity index is 2310. The van der Waals surface area contributed by atoms with Crippen molar-refractivity contribution in [2.24, 2.45) is 29.1 Å². The van der Waals surface area contributed by atoms with Gasteiger partial charge in [-0.15, -0.1) is 0 Å². The topological polar surface area (TPSA) is 145 Å². The lowest BCUT2D eigenvalue weighted by atomic mass is 9.45. The summed E-state index contributed by atoms with van der Waals surface area (Å²) in [5.41, 5.74) is 6.07. The number of aliphatic hydroxyl groups excluding tert-OH is 1. The minimum atomic E-state index is -0.922. The molecule has 1 heterocycles. The van der Waals surface area contributed by atoms with Gasteiger partial charge in [0.25, 0.3) is 5.91 Å². The molecule has 4 aromatic rings. The summed E-state index contributed by atoms with van der Waals surface area (Å²) < 4.78 is 12.2. The van der Waals surface area contributed by atoms with Gasteiger partial charge in [-0.2, -0.15) is 5.06 Å². The summed E-state index contributed by atoms with van der Waals surface area (Å²) in [6.07, 6.45) is 1.12. The lowest BCUT2D eigenvalue weighted by molar-refractivity contribution is -0.183. The summed E-state index contributed by atoms with van der Waals surface area (Å²) in [5, 5.41) is 22.1. The van der Waals surface area contributed by atoms with E-state index in [1.165, 1.54) is 6.42 Å². The summed E-state index contributed by atoms with van der Waals surface area (Å²) in [4.78, 5) is 52.9. The molecule has 13 heteroatoms. The number of likely N-dealkylation sites (N-methyl/N-ethyl adjacent to an activating group) is 1. The molecule has 0 spiro atoms. The summed E-state index contributed by atoms with van der Waals surface area (Å²) >= 11 is 0. The maximum absolute atomic E-state index is 14.9. The minimum absolute atomic E-state index is 0.0257. The van der Waals surface area contributed by atoms with Crippen LogP contribution in [0.4, 0.5) is 10.5 Å². The first-order chi connectivity index (χ1) is 32.1. The normalized spacial score (nSPS) is 24.0. The first kappa shape index (κ1) is 49.4. The average molecular weight is 917 g/mol. The molecule has 67 heavy (non-hydrogen) atoms. The molecule has 1 unspecified atom stereocenters. The number of rotatable bonds is 19. The molecule has 3 amide bonds. The molecule has 2 bridgehead atoms. The van der Waals surface area contributed by atoms with Gasteiger partial charge in [0, 0.05) is 61.6 Å². The average Bonchev–Trinajstić information content (AvgIpc) is 3.68. The minimum Gasteiger partial charge on any atom is -0.496 e. The number of hydrogen-bond donors (Lipinski definition) is 4. The number of benzene rings is 4. The number of nitrogens with one attached hydrogen (secondary N) is 3. The second-order valence-corrected chi connectivity index (χ2v) is 20.1. The van der Waals surface area contributed by atoms with Crippen molar-refractivity contribution in [2.75, 3.05) is 59.9 Å². The van der Waals surface area contributed by atoms with Crippen LogP contribution in [0.25, 0.3) is 11.1 Å². The number of ether oxygens (including phenoxy) is 2. The van der Waals surface area contributed by atoms with Crippen molar-refractivity contribution >= 4 is 23.6 Å². The predicted molar refractivity (Wildman–Crippen MR) is 263 cm³/mol. The van der Waals surface area contributed by atoms with Crippen LogP contribution < -0.4 is 25.6 Å². The third-order valence-corrected chi connectivity index (χ3v) is 14.7. The molecule has 4 aliphatic rings. The van der Waals surface area contributed by atoms with Crippen LogP contribution in [0, 0.1) is 29.1 Å². The standard InChI is InChI=1S/C54H72N6O7/c1-34-45-29-41(54(45,3)4)30-46(34)57-52(63)49-48(35(2)66-53(64)55-24-23-36-17-12-10-13-18-36)47(33-61)67-60(49)31-38-21-16-22-44(50(38)65-9)39-26-40(28-43(27-39)59(7)8)51(62)56-42(32-58(5)6)25-37-19-14-11-15-20-37/h10-22,26-28,34-35,41-42,45-49,61H,23-25,29-33H2,1-9H3,(H,55,64)(H,56,62)(H,57,63)/t34-,35-,41-,42-,45+,46?,47-,48+,49-/m0/s1. The monoisotopic (exact) mass is 917 g/mol. The van der Waals surface area contributed by atoms with Gasteiger partial charge in [-0.25, -0.2) is 4.79 Å². The largest absolute Gasteiger partial charge is 0.496 e. The molecule has 8 rings (SSSR count). The third-order valence-electron chi connectivity index (χ3n) is 14.7. The van der Waals surface area contributed by atoms with E-state index >= 15 is 0 Å². The smallest absolute Gasteiger partial charge is 0.407 e. The first-order valence-electron chi connectivity index (χ1n) is 23.9. The van der Waals surface area contributed by atoms with Crippen LogP contribution in [0.5, 0.6) is 5.75 Å². The number of hydrogen-bond acceptors (Lipinski definition) is 10. The predicted octanol–water partition coefficient (Wildman–Crippen LogP) is 6.97. The molecule has 360 valence electrons. The Kier molecular flexibility index (Phi) is 16.0. The summed E-state index contributed by atoms with van der Waals surface area (Å²) in [7, 11) is 9.50. The van der Waals surface area contributed by atoms with Crippen LogP contribution in [0.1, 0.15) is 67.6 Å². The Hall–Kier alpha value is -5.47. The van der Waals surface area contributed by atoms with Crippen molar-refractivity contribution in [1.82, 2.24) is 25.9 Å². The highest BCUT2D eigenvalue weighted by Crippen LogP contribution is 2.61. The second kappa shape index (κ2) is 21.7. The van der Waals surface area contributed by atoms with Crippen molar-refractivity contribution in [3.63, 3.8) is 0 Å². The number of carbonyl (C=O) groups is 3. The maximum Gasteiger partial charge on any atom is 0.407 e. The molecular formula is C54H72N6O7. The van der Waals surface area contributed by atoms with E-state index in [0.29, 0.717) is 49.1 Å². The molecule has 4 fully saturated rings. The number of anilines is 1. The van der Waals surface area contributed by atoms with Gasteiger partial charge in [-0.3, -0.25) is 14.4 Å². The van der Waals surface area contributed by atoms with E-state index in [2.05, 4.69) is 53.8 Å². The van der Waals surface area contributed by atoms with Crippen LogP contribution in [-0.4, -0.2) is 118 Å². The molecule has 3 aliphatic carbocycles. The maximum atomic E-state index is 14.9. The molecule has 1 saturated heterocycles. The van der Waals surface area contributed by atoms with E-state index in [-0.39, 0.29) is 41.8 Å². The van der Waals surface area contributed by atoms with Crippen molar-refractivity contribution < 1.29 is 33.8 Å². The van der Waals surface area contributed by atoms with Gasteiger partial charge in [-0.1, -0.05) is 99.6 Å². The van der Waals surface area contributed by atoms with E-state index < -0.39 is 36.9 Å². The lowest BCUT2D eigenvalue weighted by Crippen LogP contribution is -2.62. The molecule has 0 radical (unpaired) electrons. The zero-order chi connectivity index (χ0) is 48.0. The zero-order valence-corrected chi connectivity index (χ0v) is 40.8. The fourth-order valence-electron chi connectivity index (χ4n) is 11.0. The highest BCUT2D eigenvalue weighted by atomic mass is 16.7. The highest BCUT2D eigenvalue weighted by molar-refractivity contribution is 5.97. The molecular weight excluding hydrogens is 845 g/mol. The Morgan fingerprint density at radius 3 is 2.25 bits per heavy atom.